The van der Waals surface area contributed by atoms with Gasteiger partial charge in [0.15, 0.2) is 0 Å². The predicted molar refractivity (Wildman–Crippen MR) is 87.4 cm³/mol. The third-order valence-electron chi connectivity index (χ3n) is 3.87. The maximum atomic E-state index is 6.02. The largest absolute Gasteiger partial charge is 0.361 e. The van der Waals surface area contributed by atoms with E-state index < -0.39 is 0 Å². The van der Waals surface area contributed by atoms with Gasteiger partial charge in [0.05, 0.1) is 10.8 Å². The molecule has 0 atom stereocenters. The molecule has 0 aliphatic heterocycles. The van der Waals surface area contributed by atoms with E-state index >= 15 is 0 Å². The van der Waals surface area contributed by atoms with Crippen LogP contribution in [-0.4, -0.2) is 0 Å². The SMILES string of the molecule is c1ccc(Cc2c3ccccc3[o+]c3ccccc23)cc1. The Bertz CT molecular complexity index is 856. The van der Waals surface area contributed by atoms with Crippen LogP contribution in [0.5, 0.6) is 0 Å². The van der Waals surface area contributed by atoms with E-state index in [2.05, 4.69) is 54.6 Å². The van der Waals surface area contributed by atoms with Gasteiger partial charge in [-0.15, -0.1) is 0 Å². The molecule has 0 radical (unpaired) electrons. The maximum Gasteiger partial charge on any atom is 0.361 e. The molecular formula is C20H15O+. The second-order valence-corrected chi connectivity index (χ2v) is 5.24. The third-order valence-corrected chi connectivity index (χ3v) is 3.87. The average molecular weight is 271 g/mol. The van der Waals surface area contributed by atoms with E-state index in [9.17, 15) is 0 Å². The lowest BCUT2D eigenvalue weighted by atomic mass is 9.97. The van der Waals surface area contributed by atoms with Crippen LogP contribution in [0.1, 0.15) is 11.1 Å². The minimum atomic E-state index is 0.915. The highest BCUT2D eigenvalue weighted by Crippen LogP contribution is 2.30. The van der Waals surface area contributed by atoms with Gasteiger partial charge in [0, 0.05) is 12.1 Å². The lowest BCUT2D eigenvalue weighted by Gasteiger charge is -2.05. The Labute approximate surface area is 123 Å². The van der Waals surface area contributed by atoms with Gasteiger partial charge in [0.25, 0.3) is 0 Å². The molecule has 21 heavy (non-hydrogen) atoms. The molecule has 100 valence electrons. The van der Waals surface area contributed by atoms with Gasteiger partial charge in [-0.3, -0.25) is 0 Å². The summed E-state index contributed by atoms with van der Waals surface area (Å²) >= 11 is 0. The van der Waals surface area contributed by atoms with E-state index in [1.165, 1.54) is 21.9 Å². The molecule has 0 fully saturated rings. The first-order valence-corrected chi connectivity index (χ1v) is 7.18. The first-order valence-electron chi connectivity index (χ1n) is 7.18. The maximum absolute atomic E-state index is 6.02. The van der Waals surface area contributed by atoms with Crippen molar-refractivity contribution >= 4 is 21.9 Å². The van der Waals surface area contributed by atoms with Gasteiger partial charge in [-0.2, -0.15) is 0 Å². The molecule has 0 bridgehead atoms. The molecule has 0 aliphatic carbocycles. The van der Waals surface area contributed by atoms with Crippen LogP contribution >= 0.6 is 0 Å². The lowest BCUT2D eigenvalue weighted by Crippen LogP contribution is -1.92. The van der Waals surface area contributed by atoms with E-state index in [1.807, 2.05) is 24.3 Å². The highest BCUT2D eigenvalue weighted by molar-refractivity contribution is 5.95. The summed E-state index contributed by atoms with van der Waals surface area (Å²) in [7, 11) is 0. The zero-order valence-corrected chi connectivity index (χ0v) is 11.6. The first-order chi connectivity index (χ1) is 10.4. The number of hydrogen-bond acceptors (Lipinski definition) is 0. The molecule has 4 aromatic rings. The Kier molecular flexibility index (Phi) is 2.89. The molecule has 0 amide bonds. The molecule has 3 aromatic carbocycles. The number of hydrogen-bond donors (Lipinski definition) is 0. The Balaban J connectivity index is 2.02. The van der Waals surface area contributed by atoms with Crippen LogP contribution in [0.3, 0.4) is 0 Å². The summed E-state index contributed by atoms with van der Waals surface area (Å²) in [5.74, 6) is 0. The third kappa shape index (κ3) is 2.17. The molecule has 1 heteroatoms. The standard InChI is InChI=1S/C20H15O/c1-2-8-15(9-3-1)14-18-16-10-4-6-12-19(16)21-20-13-7-5-11-17(18)20/h1-13H,14H2/q+1. The first kappa shape index (κ1) is 12.1. The molecule has 0 saturated carbocycles. The van der Waals surface area contributed by atoms with Gasteiger partial charge < -0.3 is 0 Å². The van der Waals surface area contributed by atoms with Gasteiger partial charge >= 0.3 is 11.2 Å². The van der Waals surface area contributed by atoms with Crippen molar-refractivity contribution < 1.29 is 4.42 Å². The van der Waals surface area contributed by atoms with Crippen molar-refractivity contribution in [2.45, 2.75) is 6.42 Å². The summed E-state index contributed by atoms with van der Waals surface area (Å²) in [4.78, 5) is 0. The minimum absolute atomic E-state index is 0.915. The Morgan fingerprint density at radius 3 is 1.71 bits per heavy atom. The van der Waals surface area contributed by atoms with Crippen LogP contribution in [0.15, 0.2) is 83.3 Å². The molecule has 4 rings (SSSR count). The molecule has 1 nitrogen and oxygen atoms in total. The number of para-hydroxylation sites is 2. The van der Waals surface area contributed by atoms with Gasteiger partial charge in [-0.25, -0.2) is 4.42 Å². The van der Waals surface area contributed by atoms with Crippen molar-refractivity contribution in [1.82, 2.24) is 0 Å². The Hall–Kier alpha value is -2.67. The summed E-state index contributed by atoms with van der Waals surface area (Å²) in [6.07, 6.45) is 0.915. The van der Waals surface area contributed by atoms with Gasteiger partial charge in [0.2, 0.25) is 0 Å². The fraction of sp³-hybridized carbons (Fsp3) is 0.0500. The van der Waals surface area contributed by atoms with Gasteiger partial charge in [0.1, 0.15) is 0 Å². The second-order valence-electron chi connectivity index (χ2n) is 5.24. The van der Waals surface area contributed by atoms with E-state index in [0.717, 1.165) is 17.6 Å². The zero-order chi connectivity index (χ0) is 14.1. The van der Waals surface area contributed by atoms with E-state index in [1.54, 1.807) is 0 Å². The van der Waals surface area contributed by atoms with Crippen LogP contribution < -0.4 is 0 Å². The monoisotopic (exact) mass is 271 g/mol. The summed E-state index contributed by atoms with van der Waals surface area (Å²) in [6, 6.07) is 27.1. The summed E-state index contributed by atoms with van der Waals surface area (Å²) in [5, 5.41) is 2.39. The predicted octanol–water partition coefficient (Wildman–Crippen LogP) is 5.46. The average Bonchev–Trinajstić information content (AvgIpc) is 2.55. The van der Waals surface area contributed by atoms with Crippen LogP contribution in [0.4, 0.5) is 0 Å². The molecule has 0 aliphatic rings. The molecule has 0 unspecified atom stereocenters. The van der Waals surface area contributed by atoms with Crippen LogP contribution in [0.2, 0.25) is 0 Å². The van der Waals surface area contributed by atoms with Crippen molar-refractivity contribution in [1.29, 1.82) is 0 Å². The fourth-order valence-electron chi connectivity index (χ4n) is 2.86. The summed E-state index contributed by atoms with van der Waals surface area (Å²) in [5.41, 5.74) is 4.54. The molecule has 0 saturated heterocycles. The molecule has 1 aromatic heterocycles. The van der Waals surface area contributed by atoms with E-state index in [4.69, 9.17) is 4.42 Å². The molecule has 0 N–H and O–H groups in total. The lowest BCUT2D eigenvalue weighted by molar-refractivity contribution is 0.659. The van der Waals surface area contributed by atoms with Crippen molar-refractivity contribution in [3.05, 3.63) is 90.0 Å². The normalized spacial score (nSPS) is 11.0. The van der Waals surface area contributed by atoms with Crippen LogP contribution in [0.25, 0.3) is 21.9 Å². The van der Waals surface area contributed by atoms with Gasteiger partial charge in [-0.05, 0) is 29.7 Å². The Morgan fingerprint density at radius 1 is 0.571 bits per heavy atom. The highest BCUT2D eigenvalue weighted by atomic mass is 16.3. The van der Waals surface area contributed by atoms with Crippen molar-refractivity contribution in [3.63, 3.8) is 0 Å². The van der Waals surface area contributed by atoms with Crippen molar-refractivity contribution in [2.75, 3.05) is 0 Å². The van der Waals surface area contributed by atoms with Crippen LogP contribution in [-0.2, 0) is 6.42 Å². The van der Waals surface area contributed by atoms with E-state index in [-0.39, 0.29) is 0 Å². The van der Waals surface area contributed by atoms with E-state index in [0.29, 0.717) is 0 Å². The Morgan fingerprint density at radius 2 is 1.10 bits per heavy atom. The van der Waals surface area contributed by atoms with Crippen molar-refractivity contribution in [3.8, 4) is 0 Å². The van der Waals surface area contributed by atoms with Crippen molar-refractivity contribution in [2.24, 2.45) is 0 Å². The highest BCUT2D eigenvalue weighted by Gasteiger charge is 2.17. The number of rotatable bonds is 2. The van der Waals surface area contributed by atoms with Crippen LogP contribution in [0, 0.1) is 0 Å². The topological polar surface area (TPSA) is 11.3 Å². The summed E-state index contributed by atoms with van der Waals surface area (Å²) < 4.78 is 6.02. The quantitative estimate of drug-likeness (QED) is 0.348. The molecule has 1 heterocycles. The molecule has 0 spiro atoms. The fourth-order valence-corrected chi connectivity index (χ4v) is 2.86. The second kappa shape index (κ2) is 5.02. The number of fused-ring (bicyclic) bond motifs is 2. The summed E-state index contributed by atoms with van der Waals surface area (Å²) in [6.45, 7) is 0. The van der Waals surface area contributed by atoms with Gasteiger partial charge in [-0.1, -0.05) is 54.6 Å². The zero-order valence-electron chi connectivity index (χ0n) is 11.6. The minimum Gasteiger partial charge on any atom is -0.207 e. The molecular weight excluding hydrogens is 256 g/mol. The number of benzene rings is 3. The smallest absolute Gasteiger partial charge is 0.207 e.